The van der Waals surface area contributed by atoms with E-state index in [1.807, 2.05) is 78.6 Å². The Morgan fingerprint density at radius 1 is 0.595 bits per heavy atom. The first-order valence-electron chi connectivity index (χ1n) is 14.4. The Hall–Kier alpha value is 0.681. The average Bonchev–Trinajstić information content (AvgIpc) is 2.58. The maximum absolute atomic E-state index is 13.0. The van der Waals surface area contributed by atoms with Crippen LogP contribution in [-0.2, 0) is 40.2 Å². The molecule has 5 atom stereocenters. The number of carbonyl (C=O) groups is 1. The molecule has 0 amide bonds. The van der Waals surface area contributed by atoms with Crippen molar-refractivity contribution in [2.24, 2.45) is 0 Å². The first-order valence-corrected chi connectivity index (χ1v) is 36.3. The van der Waals surface area contributed by atoms with Crippen molar-refractivity contribution in [3.63, 3.8) is 0 Å². The van der Waals surface area contributed by atoms with E-state index in [1.165, 1.54) is 0 Å². The molecule has 1 saturated heterocycles. The van der Waals surface area contributed by atoms with E-state index < -0.39 is 94.4 Å². The Kier molecular flexibility index (Phi) is 15.3. The van der Waals surface area contributed by atoms with Gasteiger partial charge >= 0.3 is 5.97 Å². The predicted octanol–water partition coefficient (Wildman–Crippen LogP) is 5.90. The third-order valence-corrected chi connectivity index (χ3v) is 14.3. The van der Waals surface area contributed by atoms with Gasteiger partial charge in [-0.15, -0.1) is 0 Å². The Bertz CT molecular complexity index is 895. The van der Waals surface area contributed by atoms with E-state index in [9.17, 15) is 19.4 Å². The zero-order valence-corrected chi connectivity index (χ0v) is 36.3. The van der Waals surface area contributed by atoms with Gasteiger partial charge in [-0.1, -0.05) is 0 Å². The van der Waals surface area contributed by atoms with E-state index in [1.54, 1.807) is 0 Å². The van der Waals surface area contributed by atoms with Gasteiger partial charge in [-0.05, 0) is 118 Å². The summed E-state index contributed by atoms with van der Waals surface area (Å²) in [6.07, 6.45) is -4.36. The molecule has 0 spiro atoms. The highest BCUT2D eigenvalue weighted by atomic mass is 31.2. The second-order valence-electron chi connectivity index (χ2n) is 16.4. The van der Waals surface area contributed by atoms with Gasteiger partial charge in [-0.25, -0.2) is 0 Å². The van der Waals surface area contributed by atoms with Gasteiger partial charge in [0.25, 0.3) is 0 Å². The van der Waals surface area contributed by atoms with E-state index in [0.29, 0.717) is 0 Å². The summed E-state index contributed by atoms with van der Waals surface area (Å²) in [5, 5.41) is 10.8. The van der Waals surface area contributed by atoms with Gasteiger partial charge in [0.2, 0.25) is 16.1 Å². The van der Waals surface area contributed by atoms with E-state index in [0.717, 1.165) is 0 Å². The van der Waals surface area contributed by atoms with Crippen molar-refractivity contribution in [1.29, 1.82) is 0 Å². The number of aliphatic hydroxyl groups is 1. The summed E-state index contributed by atoms with van der Waals surface area (Å²) in [5.41, 5.74) is 0. The van der Waals surface area contributed by atoms with Crippen LogP contribution in [0, 0.1) is 0 Å². The van der Waals surface area contributed by atoms with Gasteiger partial charge in [0, 0.05) is 0 Å². The minimum Gasteiger partial charge on any atom is -0.757 e. The lowest BCUT2D eigenvalue weighted by atomic mass is 9.99. The first kappa shape index (κ1) is 42.7. The number of rotatable bonds is 12. The van der Waals surface area contributed by atoms with Crippen LogP contribution in [0.5, 0.6) is 0 Å². The number of phosphoric acid groups is 1. The lowest BCUT2D eigenvalue weighted by Crippen LogP contribution is -2.67. The quantitative estimate of drug-likeness (QED) is 0.190. The summed E-state index contributed by atoms with van der Waals surface area (Å²) in [4.78, 5) is 24.3. The fourth-order valence-corrected chi connectivity index (χ4v) is 13.5. The Morgan fingerprint density at radius 2 is 0.929 bits per heavy atom. The number of aliphatic hydroxyl groups excluding tert-OH is 1. The van der Waals surface area contributed by atoms with Gasteiger partial charge in [0.1, 0.15) is 18.3 Å². The predicted molar refractivity (Wildman–Crippen MR) is 181 cm³/mol. The molecule has 42 heavy (non-hydrogen) atoms. The smallest absolute Gasteiger partial charge is 0.324 e. The molecule has 0 aromatic rings. The largest absolute Gasteiger partial charge is 0.757 e. The lowest BCUT2D eigenvalue weighted by molar-refractivity contribution is -0.269. The van der Waals surface area contributed by atoms with Crippen LogP contribution in [0.4, 0.5) is 0 Å². The third kappa shape index (κ3) is 19.9. The number of ether oxygens (including phenoxy) is 1. The molecule has 1 fully saturated rings. The molecule has 252 valence electrons. The molecular formula is C24H60O11PSi6-. The van der Waals surface area contributed by atoms with Crippen molar-refractivity contribution < 1.29 is 50.2 Å². The SMILES string of the molecule is C[Si](C)(C)OC(=O)[C@H]1OC(O)[C@H](O[Si](C)(C)C)[C@@H](O[Si](C)(C)C)[C@@H]1O[Si](C)(C)C.C[Si](C)(C)OP(=O)([O-])O[Si](C)(C)C. The Balaban J connectivity index is 0.00000108. The molecule has 0 bridgehead atoms. The summed E-state index contributed by atoms with van der Waals surface area (Å²) in [6.45, 7) is 35.2. The number of hydrogen-bond acceptors (Lipinski definition) is 11. The Labute approximate surface area is 261 Å². The summed E-state index contributed by atoms with van der Waals surface area (Å²) in [7, 11) is -16.5. The van der Waals surface area contributed by atoms with Crippen LogP contribution in [0.15, 0.2) is 0 Å². The molecule has 1 rings (SSSR count). The van der Waals surface area contributed by atoms with Crippen LogP contribution in [0.1, 0.15) is 0 Å². The topological polar surface area (TPSA) is 142 Å². The fraction of sp³-hybridized carbons (Fsp3) is 0.958. The van der Waals surface area contributed by atoms with Crippen LogP contribution in [-0.4, -0.2) is 91.7 Å². The summed E-state index contributed by atoms with van der Waals surface area (Å²) >= 11 is 0. The molecule has 0 aromatic carbocycles. The standard InChI is InChI=1S/C18H42O7Si4.C6H19O4PSi2/c1-26(2,3)22-13-14(23-27(4,5)6)16(24-28(7,8)9)17(19)21-15(13)18(20)25-29(10,11)12;1-12(2,3)9-11(7,8)10-13(4,5)6/h13-17,19H,1-12H3;1-6H3,(H,7,8)/p-1/t13-,14-,15-,16+,17?;/m0./s1. The third-order valence-electron chi connectivity index (χ3n) is 4.39. The minimum absolute atomic E-state index is 0.498. The first-order chi connectivity index (χ1) is 18.1. The maximum atomic E-state index is 13.0. The number of hydrogen-bond donors (Lipinski definition) is 1. The molecule has 0 radical (unpaired) electrons. The molecular weight excluding hydrogens is 664 g/mol. The van der Waals surface area contributed by atoms with Crippen molar-refractivity contribution in [3.05, 3.63) is 0 Å². The zero-order valence-electron chi connectivity index (χ0n) is 29.4. The second kappa shape index (κ2) is 15.1. The second-order valence-corrected chi connectivity index (χ2v) is 45.0. The number of carbonyl (C=O) groups excluding carboxylic acids is 1. The highest BCUT2D eigenvalue weighted by Crippen LogP contribution is 2.44. The zero-order chi connectivity index (χ0) is 33.9. The van der Waals surface area contributed by atoms with Crippen LogP contribution >= 0.6 is 7.82 Å². The monoisotopic (exact) mass is 723 g/mol. The van der Waals surface area contributed by atoms with Crippen molar-refractivity contribution in [2.75, 3.05) is 0 Å². The molecule has 1 unspecified atom stereocenters. The van der Waals surface area contributed by atoms with Crippen LogP contribution < -0.4 is 4.89 Å². The summed E-state index contributed by atoms with van der Waals surface area (Å²) in [5.74, 6) is -0.498. The Morgan fingerprint density at radius 3 is 1.24 bits per heavy atom. The van der Waals surface area contributed by atoms with Crippen LogP contribution in [0.3, 0.4) is 0 Å². The highest BCUT2D eigenvalue weighted by Gasteiger charge is 2.54. The van der Waals surface area contributed by atoms with E-state index in [2.05, 4.69) is 39.3 Å². The molecule has 0 aromatic heterocycles. The molecule has 1 heterocycles. The van der Waals surface area contributed by atoms with Crippen LogP contribution in [0.25, 0.3) is 0 Å². The van der Waals surface area contributed by atoms with Gasteiger partial charge < -0.3 is 40.9 Å². The molecule has 11 nitrogen and oxygen atoms in total. The normalized spacial score (nSPS) is 25.0. The summed E-state index contributed by atoms with van der Waals surface area (Å²) in [6, 6.07) is 0. The lowest BCUT2D eigenvalue weighted by Gasteiger charge is -2.49. The van der Waals surface area contributed by atoms with E-state index in [-0.39, 0.29) is 0 Å². The molecule has 1 aliphatic heterocycles. The van der Waals surface area contributed by atoms with Crippen molar-refractivity contribution in [2.45, 2.75) is 149 Å². The molecule has 18 heteroatoms. The molecule has 1 aliphatic rings. The van der Waals surface area contributed by atoms with E-state index >= 15 is 0 Å². The van der Waals surface area contributed by atoms with Gasteiger partial charge in [0.05, 0.1) is 0 Å². The van der Waals surface area contributed by atoms with E-state index in [4.69, 9.17) is 30.9 Å². The van der Waals surface area contributed by atoms with Gasteiger partial charge in [0.15, 0.2) is 54.0 Å². The average molecular weight is 724 g/mol. The minimum atomic E-state index is -4.06. The van der Waals surface area contributed by atoms with Crippen molar-refractivity contribution in [3.8, 4) is 0 Å². The molecule has 0 aliphatic carbocycles. The summed E-state index contributed by atoms with van der Waals surface area (Å²) < 4.78 is 51.9. The molecule has 1 N–H and O–H groups in total. The van der Waals surface area contributed by atoms with Crippen molar-refractivity contribution >= 4 is 63.7 Å². The molecule has 0 saturated carbocycles. The fourth-order valence-electron chi connectivity index (χ4n) is 3.68. The van der Waals surface area contributed by atoms with Gasteiger partial charge in [-0.3, -0.25) is 9.36 Å². The van der Waals surface area contributed by atoms with Gasteiger partial charge in [-0.2, -0.15) is 0 Å². The van der Waals surface area contributed by atoms with Crippen LogP contribution in [0.2, 0.25) is 118 Å². The maximum Gasteiger partial charge on any atom is 0.324 e. The van der Waals surface area contributed by atoms with Crippen molar-refractivity contribution in [1.82, 2.24) is 0 Å². The highest BCUT2D eigenvalue weighted by molar-refractivity contribution is 7.49.